The minimum Gasteiger partial charge on any atom is -0.370 e. The van der Waals surface area contributed by atoms with Crippen LogP contribution < -0.4 is 0 Å². The first-order chi connectivity index (χ1) is 7.09. The Morgan fingerprint density at radius 2 is 1.56 bits per heavy atom. The van der Waals surface area contributed by atoms with E-state index in [0.717, 1.165) is 11.4 Å². The molecule has 0 amide bonds. The van der Waals surface area contributed by atoms with Gasteiger partial charge in [-0.25, -0.2) is 8.78 Å². The zero-order valence-corrected chi connectivity index (χ0v) is 10.6. The number of hydrogen-bond donors (Lipinski definition) is 0. The van der Waals surface area contributed by atoms with Gasteiger partial charge in [-0.2, -0.15) is 0 Å². The first-order valence-electron chi connectivity index (χ1n) is 4.62. The Hall–Kier alpha value is -0.926. The van der Waals surface area contributed by atoms with Crippen LogP contribution in [-0.4, -0.2) is 4.57 Å². The third-order valence-corrected chi connectivity index (χ3v) is 2.35. The van der Waals surface area contributed by atoms with Crippen molar-refractivity contribution in [3.8, 4) is 5.69 Å². The molecule has 0 radical (unpaired) electrons. The smallest absolute Gasteiger partial charge is 0.0368 e. The minimum atomic E-state index is -0.682. The Labute approximate surface area is 108 Å². The van der Waals surface area contributed by atoms with Crippen molar-refractivity contribution >= 4 is 0 Å². The van der Waals surface area contributed by atoms with Crippen LogP contribution >= 0.6 is 0 Å². The summed E-state index contributed by atoms with van der Waals surface area (Å²) < 4.78 is 27.9. The summed E-state index contributed by atoms with van der Waals surface area (Å²) in [6.07, 6.45) is 0. The molecular weight excluding hydrogens is 244 g/mol. The van der Waals surface area contributed by atoms with Gasteiger partial charge in [-0.15, -0.1) is 18.2 Å². The van der Waals surface area contributed by atoms with Crippen LogP contribution in [0.5, 0.6) is 0 Å². The maximum Gasteiger partial charge on any atom is 0.0368 e. The summed E-state index contributed by atoms with van der Waals surface area (Å²) in [6.45, 7) is 3.74. The third-order valence-electron chi connectivity index (χ3n) is 2.35. The average Bonchev–Trinajstić information content (AvgIpc) is 2.48. The predicted octanol–water partition coefficient (Wildman–Crippen LogP) is 3.17. The van der Waals surface area contributed by atoms with Crippen LogP contribution in [0.4, 0.5) is 8.78 Å². The summed E-state index contributed by atoms with van der Waals surface area (Å²) in [5.41, 5.74) is 2.15. The number of aromatic nitrogens is 1. The molecule has 1 aromatic heterocycles. The summed E-state index contributed by atoms with van der Waals surface area (Å²) >= 11 is 0. The van der Waals surface area contributed by atoms with Gasteiger partial charge in [0.2, 0.25) is 0 Å². The van der Waals surface area contributed by atoms with E-state index in [2.05, 4.69) is 0 Å². The van der Waals surface area contributed by atoms with E-state index in [9.17, 15) is 8.78 Å². The van der Waals surface area contributed by atoms with Gasteiger partial charge in [0.15, 0.2) is 0 Å². The zero-order chi connectivity index (χ0) is 11.0. The van der Waals surface area contributed by atoms with E-state index < -0.39 is 11.6 Å². The van der Waals surface area contributed by atoms with Gasteiger partial charge in [0, 0.05) is 44.7 Å². The molecule has 1 nitrogen and oxygen atoms in total. The van der Waals surface area contributed by atoms with E-state index in [4.69, 9.17) is 0 Å². The third kappa shape index (κ3) is 2.25. The van der Waals surface area contributed by atoms with Gasteiger partial charge in [-0.3, -0.25) is 0 Å². The fourth-order valence-electron chi connectivity index (χ4n) is 1.66. The first kappa shape index (κ1) is 13.1. The number of hydrogen-bond acceptors (Lipinski definition) is 0. The number of benzene rings is 1. The minimum absolute atomic E-state index is 0. The summed E-state index contributed by atoms with van der Waals surface area (Å²) in [6, 6.07) is 8.42. The van der Waals surface area contributed by atoms with Gasteiger partial charge in [0.25, 0.3) is 0 Å². The van der Waals surface area contributed by atoms with Crippen molar-refractivity contribution in [3.05, 3.63) is 53.4 Å². The molecule has 82 valence electrons. The Balaban J connectivity index is 0.00000128. The number of nitrogens with zero attached hydrogens (tertiary/aromatic N) is 1. The van der Waals surface area contributed by atoms with Gasteiger partial charge >= 0.3 is 0 Å². The molecule has 1 heterocycles. The Morgan fingerprint density at radius 1 is 1.00 bits per heavy atom. The fraction of sp³-hybridized carbons (Fsp3) is 0.167. The molecule has 2 aromatic rings. The van der Waals surface area contributed by atoms with Crippen molar-refractivity contribution in [2.75, 3.05) is 0 Å². The Bertz CT molecular complexity index is 486. The number of halogens is 2. The van der Waals surface area contributed by atoms with Crippen molar-refractivity contribution in [1.29, 1.82) is 0 Å². The molecule has 0 saturated carbocycles. The molecule has 0 aliphatic rings. The van der Waals surface area contributed by atoms with Crippen LogP contribution in [0.2, 0.25) is 0 Å². The van der Waals surface area contributed by atoms with Crippen molar-refractivity contribution in [2.45, 2.75) is 13.8 Å². The molecule has 0 saturated heterocycles. The number of aryl methyl sites for hydroxylation is 2. The summed E-state index contributed by atoms with van der Waals surface area (Å²) in [5, 5.41) is 0. The molecule has 2 rings (SSSR count). The van der Waals surface area contributed by atoms with E-state index >= 15 is 0 Å². The summed E-state index contributed by atoms with van der Waals surface area (Å²) in [4.78, 5) is 0. The molecule has 0 unspecified atom stereocenters. The molecule has 0 aliphatic carbocycles. The molecule has 0 bridgehead atoms. The van der Waals surface area contributed by atoms with Crippen LogP contribution in [0, 0.1) is 31.5 Å². The normalized spacial score (nSPS) is 10.0. The van der Waals surface area contributed by atoms with Gasteiger partial charge in [0.1, 0.15) is 0 Å². The predicted molar refractivity (Wildman–Crippen MR) is 54.0 cm³/mol. The van der Waals surface area contributed by atoms with E-state index in [0.29, 0.717) is 5.69 Å². The second kappa shape index (κ2) is 4.94. The Morgan fingerprint density at radius 3 is 2.06 bits per heavy atom. The number of rotatable bonds is 1. The van der Waals surface area contributed by atoms with E-state index in [1.54, 1.807) is 4.57 Å². The molecular formula is C12H10F2NTi-. The molecule has 0 fully saturated rings. The molecule has 0 atom stereocenters. The molecule has 0 spiro atoms. The quantitative estimate of drug-likeness (QED) is 0.544. The van der Waals surface area contributed by atoms with Crippen molar-refractivity contribution < 1.29 is 30.5 Å². The summed E-state index contributed by atoms with van der Waals surface area (Å²) in [7, 11) is 0. The zero-order valence-electron chi connectivity index (χ0n) is 9.01. The molecule has 0 N–H and O–H groups in total. The van der Waals surface area contributed by atoms with E-state index in [1.807, 2.05) is 32.0 Å². The fourth-order valence-corrected chi connectivity index (χ4v) is 1.66. The average molecular weight is 254 g/mol. The second-order valence-corrected chi connectivity index (χ2v) is 3.46. The Kier molecular flexibility index (Phi) is 4.05. The topological polar surface area (TPSA) is 4.93 Å². The van der Waals surface area contributed by atoms with Crippen LogP contribution in [0.3, 0.4) is 0 Å². The van der Waals surface area contributed by atoms with Crippen LogP contribution in [0.15, 0.2) is 24.3 Å². The SMILES string of the molecule is Cc1ccc(C)n1-c1ccc(F)[c-]c1F.[Ti]. The second-order valence-electron chi connectivity index (χ2n) is 3.46. The van der Waals surface area contributed by atoms with Gasteiger partial charge < -0.3 is 4.57 Å². The van der Waals surface area contributed by atoms with E-state index in [-0.39, 0.29) is 21.7 Å². The van der Waals surface area contributed by atoms with Gasteiger partial charge in [0.05, 0.1) is 0 Å². The molecule has 1 aromatic carbocycles. The maximum atomic E-state index is 13.5. The van der Waals surface area contributed by atoms with Crippen LogP contribution in [-0.2, 0) is 21.7 Å². The maximum absolute atomic E-state index is 13.5. The van der Waals surface area contributed by atoms with Gasteiger partial charge in [-0.1, -0.05) is 0 Å². The summed E-state index contributed by atoms with van der Waals surface area (Å²) in [5.74, 6) is -1.35. The van der Waals surface area contributed by atoms with Crippen molar-refractivity contribution in [2.24, 2.45) is 0 Å². The van der Waals surface area contributed by atoms with Crippen LogP contribution in [0.1, 0.15) is 11.4 Å². The van der Waals surface area contributed by atoms with Gasteiger partial charge in [-0.05, 0) is 31.7 Å². The van der Waals surface area contributed by atoms with E-state index in [1.165, 1.54) is 12.1 Å². The van der Waals surface area contributed by atoms with Crippen molar-refractivity contribution in [1.82, 2.24) is 4.57 Å². The van der Waals surface area contributed by atoms with Crippen LogP contribution in [0.25, 0.3) is 5.69 Å². The van der Waals surface area contributed by atoms with Crippen molar-refractivity contribution in [3.63, 3.8) is 0 Å². The standard InChI is InChI=1S/C12H10F2N.Ti/c1-8-3-4-9(2)15(8)12-6-5-10(13)7-11(12)14;/h3-6H,1-2H3;/q-1;. The molecule has 16 heavy (non-hydrogen) atoms. The largest absolute Gasteiger partial charge is 0.370 e. The molecule has 0 aliphatic heterocycles. The molecule has 4 heteroatoms. The first-order valence-corrected chi connectivity index (χ1v) is 4.62. The monoisotopic (exact) mass is 254 g/mol.